The molecule has 34 heavy (non-hydrogen) atoms. The summed E-state index contributed by atoms with van der Waals surface area (Å²) in [5, 5.41) is 17.1. The molecule has 0 spiro atoms. The molecule has 4 N–H and O–H groups in total. The van der Waals surface area contributed by atoms with Gasteiger partial charge in [0.25, 0.3) is 5.91 Å². The Morgan fingerprint density at radius 2 is 1.50 bits per heavy atom. The van der Waals surface area contributed by atoms with Crippen molar-refractivity contribution in [2.45, 2.75) is 25.3 Å². The van der Waals surface area contributed by atoms with Gasteiger partial charge in [0.05, 0.1) is 0 Å². The fraction of sp³-hybridized carbons (Fsp3) is 0.192. The van der Waals surface area contributed by atoms with Crippen LogP contribution < -0.4 is 20.9 Å². The van der Waals surface area contributed by atoms with Crippen molar-refractivity contribution in [3.05, 3.63) is 89.4 Å². The highest BCUT2D eigenvalue weighted by atomic mass is 35.5. The van der Waals surface area contributed by atoms with Gasteiger partial charge in [0, 0.05) is 35.1 Å². The van der Waals surface area contributed by atoms with E-state index in [1.807, 2.05) is 47.4 Å². The molecular formula is C26H26ClN5O2. The third-order valence-corrected chi connectivity index (χ3v) is 5.84. The predicted octanol–water partition coefficient (Wildman–Crippen LogP) is 5.81. The van der Waals surface area contributed by atoms with E-state index in [0.717, 1.165) is 31.5 Å². The van der Waals surface area contributed by atoms with Crippen LogP contribution in [0, 0.1) is 5.41 Å². The minimum Gasteiger partial charge on any atom is -0.330 e. The number of anilines is 3. The molecule has 0 unspecified atom stereocenters. The van der Waals surface area contributed by atoms with E-state index in [0.29, 0.717) is 27.8 Å². The van der Waals surface area contributed by atoms with Crippen LogP contribution in [0.3, 0.4) is 0 Å². The van der Waals surface area contributed by atoms with Crippen LogP contribution in [0.25, 0.3) is 0 Å². The highest BCUT2D eigenvalue weighted by Gasteiger charge is 2.23. The highest BCUT2D eigenvalue weighted by Crippen LogP contribution is 2.24. The monoisotopic (exact) mass is 475 g/mol. The maximum atomic E-state index is 13.2. The molecule has 8 heteroatoms. The molecule has 1 fully saturated rings. The van der Waals surface area contributed by atoms with Gasteiger partial charge in [-0.05, 0) is 66.9 Å². The van der Waals surface area contributed by atoms with Crippen molar-refractivity contribution in [2.24, 2.45) is 0 Å². The van der Waals surface area contributed by atoms with E-state index in [1.165, 1.54) is 0 Å². The first-order valence-electron chi connectivity index (χ1n) is 11.1. The van der Waals surface area contributed by atoms with Gasteiger partial charge in [0.2, 0.25) is 0 Å². The minimum atomic E-state index is -0.900. The lowest BCUT2D eigenvalue weighted by atomic mass is 10.1. The molecule has 0 bridgehead atoms. The third kappa shape index (κ3) is 5.94. The van der Waals surface area contributed by atoms with Crippen molar-refractivity contribution < 1.29 is 9.59 Å². The smallest absolute Gasteiger partial charge is 0.320 e. The molecule has 1 aliphatic rings. The van der Waals surface area contributed by atoms with E-state index in [4.69, 9.17) is 17.0 Å². The van der Waals surface area contributed by atoms with Crippen molar-refractivity contribution in [1.82, 2.24) is 5.32 Å². The number of carbonyl (C=O) groups is 2. The van der Waals surface area contributed by atoms with E-state index in [2.05, 4.69) is 16.0 Å². The zero-order valence-corrected chi connectivity index (χ0v) is 19.3. The maximum absolute atomic E-state index is 13.2. The Bertz CT molecular complexity index is 1150. The van der Waals surface area contributed by atoms with Crippen LogP contribution in [0.1, 0.15) is 30.9 Å². The number of nitrogens with one attached hydrogen (secondary N) is 4. The first-order valence-corrected chi connectivity index (χ1v) is 11.5. The molecule has 1 aliphatic heterocycles. The first kappa shape index (κ1) is 23.3. The number of halogens is 1. The van der Waals surface area contributed by atoms with Gasteiger partial charge in [0.15, 0.2) is 0 Å². The number of amides is 3. The summed E-state index contributed by atoms with van der Waals surface area (Å²) in [6, 6.07) is 21.8. The van der Waals surface area contributed by atoms with Crippen LogP contribution in [0.2, 0.25) is 5.02 Å². The van der Waals surface area contributed by atoms with Crippen molar-refractivity contribution in [1.29, 1.82) is 5.41 Å². The number of urea groups is 1. The van der Waals surface area contributed by atoms with Crippen LogP contribution in [-0.2, 0) is 4.79 Å². The number of nitrogens with zero attached hydrogens (tertiary/aromatic N) is 1. The number of rotatable bonds is 6. The van der Waals surface area contributed by atoms with Crippen LogP contribution >= 0.6 is 11.6 Å². The fourth-order valence-corrected chi connectivity index (χ4v) is 3.96. The predicted molar refractivity (Wildman–Crippen MR) is 137 cm³/mol. The molecule has 0 radical (unpaired) electrons. The quantitative estimate of drug-likeness (QED) is 0.362. The molecule has 0 aromatic heterocycles. The van der Waals surface area contributed by atoms with E-state index in [1.54, 1.807) is 36.4 Å². The Hall–Kier alpha value is -3.84. The summed E-state index contributed by atoms with van der Waals surface area (Å²) in [5.41, 5.74) is 2.76. The summed E-state index contributed by atoms with van der Waals surface area (Å²) >= 11 is 5.90. The molecular weight excluding hydrogens is 450 g/mol. The van der Waals surface area contributed by atoms with E-state index < -0.39 is 12.1 Å². The second kappa shape index (κ2) is 10.9. The van der Waals surface area contributed by atoms with Gasteiger partial charge in [-0.2, -0.15) is 0 Å². The fourth-order valence-electron chi connectivity index (χ4n) is 3.83. The van der Waals surface area contributed by atoms with Crippen molar-refractivity contribution in [2.75, 3.05) is 22.1 Å². The summed E-state index contributed by atoms with van der Waals surface area (Å²) in [4.78, 5) is 27.8. The van der Waals surface area contributed by atoms with E-state index in [9.17, 15) is 9.59 Å². The van der Waals surface area contributed by atoms with Gasteiger partial charge in [-0.1, -0.05) is 41.9 Å². The Balaban J connectivity index is 1.45. The van der Waals surface area contributed by atoms with Gasteiger partial charge in [0.1, 0.15) is 11.9 Å². The summed E-state index contributed by atoms with van der Waals surface area (Å²) in [6.45, 7) is 0.827. The Morgan fingerprint density at radius 1 is 0.853 bits per heavy atom. The lowest BCUT2D eigenvalue weighted by molar-refractivity contribution is -0.118. The number of carbonyl (C=O) groups excluding carboxylic acids is 2. The molecule has 1 heterocycles. The van der Waals surface area contributed by atoms with Gasteiger partial charge >= 0.3 is 6.03 Å². The van der Waals surface area contributed by atoms with Crippen LogP contribution in [-0.4, -0.2) is 24.3 Å². The second-order valence-corrected chi connectivity index (χ2v) is 8.48. The Kier molecular flexibility index (Phi) is 7.44. The van der Waals surface area contributed by atoms with Crippen molar-refractivity contribution in [3.63, 3.8) is 0 Å². The minimum absolute atomic E-state index is 0.365. The summed E-state index contributed by atoms with van der Waals surface area (Å²) < 4.78 is 0. The SMILES string of the molecule is N=C1CCCCN1c1ccc(NC(=O)[C@@H](NC(=O)Nc2ccc(Cl)cc2)c2ccccc2)cc1. The summed E-state index contributed by atoms with van der Waals surface area (Å²) in [6.07, 6.45) is 2.88. The number of benzene rings is 3. The standard InChI is InChI=1S/C26H26ClN5O2/c27-19-9-11-21(12-10-19)30-26(34)31-24(18-6-2-1-3-7-18)25(33)29-20-13-15-22(16-14-20)32-17-5-4-8-23(32)28/h1-3,6-7,9-16,24,28H,4-5,8,17H2,(H,29,33)(H2,30,31,34)/t24-/m0/s1. The van der Waals surface area contributed by atoms with E-state index >= 15 is 0 Å². The molecule has 3 amide bonds. The largest absolute Gasteiger partial charge is 0.330 e. The Morgan fingerprint density at radius 3 is 2.18 bits per heavy atom. The number of piperidine rings is 1. The van der Waals surface area contributed by atoms with Crippen molar-refractivity contribution in [3.8, 4) is 0 Å². The summed E-state index contributed by atoms with van der Waals surface area (Å²) in [5.74, 6) is 0.249. The van der Waals surface area contributed by atoms with Crippen LogP contribution in [0.5, 0.6) is 0 Å². The average molecular weight is 476 g/mol. The number of hydrogen-bond donors (Lipinski definition) is 4. The number of amidine groups is 1. The van der Waals surface area contributed by atoms with Gasteiger partial charge in [-0.15, -0.1) is 0 Å². The van der Waals surface area contributed by atoms with E-state index in [-0.39, 0.29) is 5.91 Å². The molecule has 174 valence electrons. The molecule has 3 aromatic rings. The van der Waals surface area contributed by atoms with Crippen molar-refractivity contribution >= 4 is 46.4 Å². The number of hydrogen-bond acceptors (Lipinski definition) is 3. The molecule has 4 rings (SSSR count). The maximum Gasteiger partial charge on any atom is 0.320 e. The highest BCUT2D eigenvalue weighted by molar-refractivity contribution is 6.30. The van der Waals surface area contributed by atoms with Crippen LogP contribution in [0.15, 0.2) is 78.9 Å². The lowest BCUT2D eigenvalue weighted by Gasteiger charge is -2.29. The molecule has 1 saturated heterocycles. The normalized spacial score (nSPS) is 14.3. The second-order valence-electron chi connectivity index (χ2n) is 8.04. The molecule has 0 saturated carbocycles. The van der Waals surface area contributed by atoms with Gasteiger partial charge in [-0.25, -0.2) is 4.79 Å². The summed E-state index contributed by atoms with van der Waals surface area (Å²) in [7, 11) is 0. The molecule has 0 aliphatic carbocycles. The lowest BCUT2D eigenvalue weighted by Crippen LogP contribution is -2.39. The zero-order chi connectivity index (χ0) is 23.9. The molecule has 7 nitrogen and oxygen atoms in total. The van der Waals surface area contributed by atoms with Gasteiger partial charge in [-0.3, -0.25) is 10.2 Å². The first-order chi connectivity index (χ1) is 16.5. The molecule has 1 atom stereocenters. The molecule has 3 aromatic carbocycles. The average Bonchev–Trinajstić information content (AvgIpc) is 2.85. The third-order valence-electron chi connectivity index (χ3n) is 5.59. The topological polar surface area (TPSA) is 97.3 Å². The zero-order valence-electron chi connectivity index (χ0n) is 18.6. The van der Waals surface area contributed by atoms with Gasteiger partial charge < -0.3 is 20.9 Å². The van der Waals surface area contributed by atoms with Crippen LogP contribution in [0.4, 0.5) is 21.9 Å². The Labute approximate surface area is 203 Å².